The first-order valence-electron chi connectivity index (χ1n) is 10.6. The highest BCUT2D eigenvalue weighted by molar-refractivity contribution is 7.15. The molecule has 0 saturated carbocycles. The van der Waals surface area contributed by atoms with Crippen molar-refractivity contribution in [2.45, 2.75) is 52.7 Å². The number of nitrogens with zero attached hydrogens (tertiary/aromatic N) is 2. The summed E-state index contributed by atoms with van der Waals surface area (Å²) in [4.78, 5) is 17.6. The van der Waals surface area contributed by atoms with Crippen molar-refractivity contribution in [2.75, 3.05) is 6.61 Å². The SMILES string of the molecule is Cc1cc(-c2noc(-c3cc(CC(C)C)c(C)s3)n2)cc(Cl)c1OC[C@H](O)CC(O)C(N)=O. The maximum atomic E-state index is 10.9. The van der Waals surface area contributed by atoms with E-state index in [0.29, 0.717) is 39.5 Å². The molecule has 2 heterocycles. The van der Waals surface area contributed by atoms with E-state index in [4.69, 9.17) is 26.6 Å². The van der Waals surface area contributed by atoms with Crippen LogP contribution in [0.25, 0.3) is 22.2 Å². The minimum atomic E-state index is -1.44. The largest absolute Gasteiger partial charge is 0.489 e. The molecule has 0 spiro atoms. The lowest BCUT2D eigenvalue weighted by Gasteiger charge is -2.16. The summed E-state index contributed by atoms with van der Waals surface area (Å²) in [5.41, 5.74) is 7.66. The van der Waals surface area contributed by atoms with E-state index in [1.165, 1.54) is 10.4 Å². The van der Waals surface area contributed by atoms with Crippen molar-refractivity contribution in [3.05, 3.63) is 39.2 Å². The third-order valence-electron chi connectivity index (χ3n) is 5.02. The first-order chi connectivity index (χ1) is 15.5. The summed E-state index contributed by atoms with van der Waals surface area (Å²) in [6.07, 6.45) is -1.76. The number of ether oxygens (including phenoxy) is 1. The molecule has 0 bridgehead atoms. The summed E-state index contributed by atoms with van der Waals surface area (Å²) in [6, 6.07) is 5.57. The molecule has 0 saturated heterocycles. The Morgan fingerprint density at radius 1 is 1.27 bits per heavy atom. The summed E-state index contributed by atoms with van der Waals surface area (Å²) in [5.74, 6) is 0.899. The normalized spacial score (nSPS) is 13.3. The molecule has 0 aliphatic carbocycles. The number of hydrogen-bond acceptors (Lipinski definition) is 8. The monoisotopic (exact) mass is 493 g/mol. The number of carbonyl (C=O) groups is 1. The number of amides is 1. The van der Waals surface area contributed by atoms with E-state index in [1.54, 1.807) is 24.3 Å². The van der Waals surface area contributed by atoms with Crippen LogP contribution in [0, 0.1) is 19.8 Å². The lowest BCUT2D eigenvalue weighted by molar-refractivity contribution is -0.127. The Kier molecular flexibility index (Phi) is 8.12. The fourth-order valence-corrected chi connectivity index (χ4v) is 4.67. The number of halogens is 1. The molecule has 178 valence electrons. The molecule has 0 aliphatic heterocycles. The fraction of sp³-hybridized carbons (Fsp3) is 0.435. The zero-order valence-electron chi connectivity index (χ0n) is 19.0. The first kappa shape index (κ1) is 25.2. The quantitative estimate of drug-likeness (QED) is 0.390. The van der Waals surface area contributed by atoms with E-state index in [-0.39, 0.29) is 13.0 Å². The molecule has 1 unspecified atom stereocenters. The molecule has 1 amide bonds. The molecular weight excluding hydrogens is 466 g/mol. The molecule has 2 atom stereocenters. The van der Waals surface area contributed by atoms with Crippen molar-refractivity contribution in [1.29, 1.82) is 0 Å². The Morgan fingerprint density at radius 2 is 2.00 bits per heavy atom. The van der Waals surface area contributed by atoms with Gasteiger partial charge in [0.1, 0.15) is 18.5 Å². The molecule has 3 rings (SSSR count). The van der Waals surface area contributed by atoms with Crippen LogP contribution in [0.1, 0.15) is 36.3 Å². The minimum Gasteiger partial charge on any atom is -0.489 e. The Hall–Kier alpha value is -2.46. The van der Waals surface area contributed by atoms with Crippen LogP contribution in [0.2, 0.25) is 5.02 Å². The van der Waals surface area contributed by atoms with Gasteiger partial charge in [-0.1, -0.05) is 30.6 Å². The molecule has 33 heavy (non-hydrogen) atoms. The number of aryl methyl sites for hydroxylation is 2. The van der Waals surface area contributed by atoms with Gasteiger partial charge in [-0.05, 0) is 55.5 Å². The summed E-state index contributed by atoms with van der Waals surface area (Å²) in [7, 11) is 0. The second kappa shape index (κ2) is 10.6. The van der Waals surface area contributed by atoms with Crippen LogP contribution in [-0.4, -0.2) is 45.1 Å². The number of hydrogen-bond donors (Lipinski definition) is 3. The second-order valence-electron chi connectivity index (χ2n) is 8.44. The van der Waals surface area contributed by atoms with E-state index in [1.807, 2.05) is 6.07 Å². The Labute approximate surface area is 201 Å². The average molecular weight is 494 g/mol. The van der Waals surface area contributed by atoms with Crippen molar-refractivity contribution < 1.29 is 24.3 Å². The lowest BCUT2D eigenvalue weighted by atomic mass is 10.0. The molecule has 8 nitrogen and oxygen atoms in total. The van der Waals surface area contributed by atoms with Gasteiger partial charge < -0.3 is 25.2 Å². The Balaban J connectivity index is 1.74. The van der Waals surface area contributed by atoms with Gasteiger partial charge in [-0.2, -0.15) is 4.98 Å². The van der Waals surface area contributed by atoms with Crippen LogP contribution in [0.4, 0.5) is 0 Å². The van der Waals surface area contributed by atoms with E-state index in [0.717, 1.165) is 11.3 Å². The van der Waals surface area contributed by atoms with Crippen LogP contribution in [0.3, 0.4) is 0 Å². The number of nitrogens with two attached hydrogens (primary N) is 1. The van der Waals surface area contributed by atoms with Gasteiger partial charge in [0.05, 0.1) is 16.0 Å². The van der Waals surface area contributed by atoms with Crippen LogP contribution in [-0.2, 0) is 11.2 Å². The van der Waals surface area contributed by atoms with Gasteiger partial charge in [0.15, 0.2) is 0 Å². The number of carbonyl (C=O) groups excluding carboxylic acids is 1. The molecule has 0 radical (unpaired) electrons. The predicted molar refractivity (Wildman–Crippen MR) is 127 cm³/mol. The van der Waals surface area contributed by atoms with E-state index >= 15 is 0 Å². The zero-order valence-corrected chi connectivity index (χ0v) is 20.5. The third-order valence-corrected chi connectivity index (χ3v) is 6.38. The Bertz CT molecular complexity index is 1100. The highest BCUT2D eigenvalue weighted by atomic mass is 35.5. The highest BCUT2D eigenvalue weighted by Gasteiger charge is 2.20. The van der Waals surface area contributed by atoms with Gasteiger partial charge in [-0.15, -0.1) is 11.3 Å². The number of benzene rings is 1. The molecule has 1 aromatic carbocycles. The smallest absolute Gasteiger partial charge is 0.268 e. The predicted octanol–water partition coefficient (Wildman–Crippen LogP) is 3.91. The van der Waals surface area contributed by atoms with Crippen LogP contribution >= 0.6 is 22.9 Å². The number of aliphatic hydroxyl groups excluding tert-OH is 2. The first-order valence-corrected chi connectivity index (χ1v) is 11.8. The standard InChI is InChI=1S/C23H28ClN3O5S/c1-11(2)5-14-8-19(33-13(14)4)23-26-22(27-32-23)15-6-12(3)20(17(24)7-15)31-10-16(28)9-18(29)21(25)30/h6-8,11,16,18,28-29H,5,9-10H2,1-4H3,(H2,25,30)/t16-,18?/m1/s1. The fourth-order valence-electron chi connectivity index (χ4n) is 3.37. The maximum Gasteiger partial charge on any atom is 0.268 e. The molecule has 0 fully saturated rings. The maximum absolute atomic E-state index is 10.9. The minimum absolute atomic E-state index is 0.160. The van der Waals surface area contributed by atoms with Crippen molar-refractivity contribution >= 4 is 28.8 Å². The summed E-state index contributed by atoms with van der Waals surface area (Å²) in [6.45, 7) is 8.11. The average Bonchev–Trinajstić information content (AvgIpc) is 3.34. The molecule has 4 N–H and O–H groups in total. The molecule has 0 aliphatic rings. The van der Waals surface area contributed by atoms with E-state index in [9.17, 15) is 15.0 Å². The van der Waals surface area contributed by atoms with Gasteiger partial charge in [0.25, 0.3) is 5.89 Å². The van der Waals surface area contributed by atoms with E-state index in [2.05, 4.69) is 37.0 Å². The van der Waals surface area contributed by atoms with E-state index < -0.39 is 18.1 Å². The summed E-state index contributed by atoms with van der Waals surface area (Å²) >= 11 is 8.04. The van der Waals surface area contributed by atoms with Crippen molar-refractivity contribution in [2.24, 2.45) is 11.7 Å². The van der Waals surface area contributed by atoms with Gasteiger partial charge in [-0.25, -0.2) is 0 Å². The molecule has 2 aromatic heterocycles. The van der Waals surface area contributed by atoms with Gasteiger partial charge in [0.2, 0.25) is 11.7 Å². The van der Waals surface area contributed by atoms with Gasteiger partial charge >= 0.3 is 0 Å². The third kappa shape index (κ3) is 6.32. The van der Waals surface area contributed by atoms with Gasteiger partial charge in [0, 0.05) is 16.9 Å². The summed E-state index contributed by atoms with van der Waals surface area (Å²) < 4.78 is 11.1. The highest BCUT2D eigenvalue weighted by Crippen LogP contribution is 2.36. The second-order valence-corrected chi connectivity index (χ2v) is 10.1. The summed E-state index contributed by atoms with van der Waals surface area (Å²) in [5, 5.41) is 23.8. The molecule has 3 aromatic rings. The van der Waals surface area contributed by atoms with Crippen molar-refractivity contribution in [1.82, 2.24) is 10.1 Å². The topological polar surface area (TPSA) is 132 Å². The van der Waals surface area contributed by atoms with Crippen LogP contribution in [0.15, 0.2) is 22.7 Å². The zero-order chi connectivity index (χ0) is 24.3. The van der Waals surface area contributed by atoms with Crippen LogP contribution in [0.5, 0.6) is 5.75 Å². The number of rotatable bonds is 10. The Morgan fingerprint density at radius 3 is 2.64 bits per heavy atom. The van der Waals surface area contributed by atoms with Crippen molar-refractivity contribution in [3.8, 4) is 27.9 Å². The molecule has 10 heteroatoms. The lowest BCUT2D eigenvalue weighted by Crippen LogP contribution is -2.33. The van der Waals surface area contributed by atoms with Crippen molar-refractivity contribution in [3.63, 3.8) is 0 Å². The number of aliphatic hydroxyl groups is 2. The van der Waals surface area contributed by atoms with Gasteiger partial charge in [-0.3, -0.25) is 4.79 Å². The number of thiophene rings is 1. The van der Waals surface area contributed by atoms with Crippen LogP contribution < -0.4 is 10.5 Å². The number of aromatic nitrogens is 2. The molecular formula is C23H28ClN3O5S. The number of primary amides is 1.